The normalized spacial score (nSPS) is 11.4. The molecule has 0 unspecified atom stereocenters. The van der Waals surface area contributed by atoms with E-state index in [1.165, 1.54) is 12.0 Å². The van der Waals surface area contributed by atoms with Crippen LogP contribution in [0, 0.1) is 0 Å². The van der Waals surface area contributed by atoms with Crippen LogP contribution >= 0.6 is 22.9 Å². The van der Waals surface area contributed by atoms with Crippen molar-refractivity contribution in [3.05, 3.63) is 27.7 Å². The monoisotopic (exact) mass is 298 g/mol. The SMILES string of the molecule is COc1nc(Cl)nc(NCC(C)(C)c2cccs2)n1. The largest absolute Gasteiger partial charge is 0.467 e. The van der Waals surface area contributed by atoms with Crippen molar-refractivity contribution >= 4 is 28.9 Å². The molecule has 0 atom stereocenters. The van der Waals surface area contributed by atoms with Crippen molar-refractivity contribution in [1.82, 2.24) is 15.0 Å². The zero-order valence-electron chi connectivity index (χ0n) is 11.0. The van der Waals surface area contributed by atoms with E-state index in [4.69, 9.17) is 16.3 Å². The van der Waals surface area contributed by atoms with Gasteiger partial charge in [-0.05, 0) is 23.0 Å². The Balaban J connectivity index is 2.08. The van der Waals surface area contributed by atoms with Gasteiger partial charge in [0.05, 0.1) is 7.11 Å². The van der Waals surface area contributed by atoms with E-state index < -0.39 is 0 Å². The molecule has 2 heterocycles. The molecule has 2 aromatic heterocycles. The molecule has 7 heteroatoms. The van der Waals surface area contributed by atoms with E-state index in [1.807, 2.05) is 6.07 Å². The van der Waals surface area contributed by atoms with Gasteiger partial charge < -0.3 is 10.1 Å². The van der Waals surface area contributed by atoms with Gasteiger partial charge in [0.25, 0.3) is 0 Å². The molecule has 2 aromatic rings. The second-order valence-electron chi connectivity index (χ2n) is 4.63. The molecule has 0 bridgehead atoms. The molecular formula is C12H15ClN4OS. The molecule has 0 amide bonds. The summed E-state index contributed by atoms with van der Waals surface area (Å²) in [4.78, 5) is 13.2. The summed E-state index contributed by atoms with van der Waals surface area (Å²) in [6, 6.07) is 4.37. The molecule has 0 aliphatic heterocycles. The zero-order valence-corrected chi connectivity index (χ0v) is 12.5. The number of methoxy groups -OCH3 is 1. The van der Waals surface area contributed by atoms with Gasteiger partial charge in [-0.2, -0.15) is 15.0 Å². The predicted octanol–water partition coefficient (Wildman–Crippen LogP) is 2.98. The van der Waals surface area contributed by atoms with Crippen molar-refractivity contribution in [1.29, 1.82) is 0 Å². The first kappa shape index (κ1) is 14.0. The number of nitrogens with zero attached hydrogens (tertiary/aromatic N) is 3. The van der Waals surface area contributed by atoms with Gasteiger partial charge >= 0.3 is 6.01 Å². The Morgan fingerprint density at radius 3 is 2.79 bits per heavy atom. The first-order chi connectivity index (χ1) is 9.01. The summed E-state index contributed by atoms with van der Waals surface area (Å²) < 4.78 is 4.96. The van der Waals surface area contributed by atoms with Gasteiger partial charge in [-0.15, -0.1) is 11.3 Å². The third kappa shape index (κ3) is 3.54. The number of ether oxygens (including phenoxy) is 1. The lowest BCUT2D eigenvalue weighted by Gasteiger charge is -2.23. The maximum Gasteiger partial charge on any atom is 0.322 e. The van der Waals surface area contributed by atoms with Crippen LogP contribution in [0.15, 0.2) is 17.5 Å². The molecule has 0 fully saturated rings. The number of thiophene rings is 1. The fourth-order valence-electron chi connectivity index (χ4n) is 1.55. The second kappa shape index (κ2) is 5.71. The summed E-state index contributed by atoms with van der Waals surface area (Å²) in [7, 11) is 1.49. The lowest BCUT2D eigenvalue weighted by Crippen LogP contribution is -2.27. The van der Waals surface area contributed by atoms with E-state index in [9.17, 15) is 0 Å². The van der Waals surface area contributed by atoms with Gasteiger partial charge in [0.15, 0.2) is 0 Å². The van der Waals surface area contributed by atoms with Crippen LogP contribution in [0.5, 0.6) is 6.01 Å². The molecule has 102 valence electrons. The molecule has 0 spiro atoms. The molecule has 5 nitrogen and oxygen atoms in total. The van der Waals surface area contributed by atoms with Crippen molar-refractivity contribution in [2.45, 2.75) is 19.3 Å². The molecule has 0 aliphatic carbocycles. The van der Waals surface area contributed by atoms with Crippen LogP contribution in [-0.2, 0) is 5.41 Å². The van der Waals surface area contributed by atoms with Crippen molar-refractivity contribution in [2.24, 2.45) is 0 Å². The Labute approximate surface area is 121 Å². The highest BCUT2D eigenvalue weighted by molar-refractivity contribution is 7.10. The maximum atomic E-state index is 5.80. The van der Waals surface area contributed by atoms with Gasteiger partial charge in [0.2, 0.25) is 11.2 Å². The first-order valence-electron chi connectivity index (χ1n) is 5.75. The third-order valence-corrected chi connectivity index (χ3v) is 4.05. The quantitative estimate of drug-likeness (QED) is 0.919. The Morgan fingerprint density at radius 2 is 2.16 bits per heavy atom. The fourth-order valence-corrected chi connectivity index (χ4v) is 2.56. The number of halogens is 1. The van der Waals surface area contributed by atoms with E-state index in [1.54, 1.807) is 11.3 Å². The lowest BCUT2D eigenvalue weighted by molar-refractivity contribution is 0.378. The van der Waals surface area contributed by atoms with E-state index in [0.29, 0.717) is 12.5 Å². The van der Waals surface area contributed by atoms with Gasteiger partial charge in [-0.1, -0.05) is 19.9 Å². The Bertz CT molecular complexity index is 545. The summed E-state index contributed by atoms with van der Waals surface area (Å²) >= 11 is 7.53. The van der Waals surface area contributed by atoms with Gasteiger partial charge in [0.1, 0.15) is 0 Å². The second-order valence-corrected chi connectivity index (χ2v) is 5.92. The van der Waals surface area contributed by atoms with Gasteiger partial charge in [0, 0.05) is 16.8 Å². The number of hydrogen-bond acceptors (Lipinski definition) is 6. The third-order valence-electron chi connectivity index (χ3n) is 2.65. The molecule has 0 saturated heterocycles. The van der Waals surface area contributed by atoms with Crippen molar-refractivity contribution < 1.29 is 4.74 Å². The fraction of sp³-hybridized carbons (Fsp3) is 0.417. The smallest absolute Gasteiger partial charge is 0.322 e. The van der Waals surface area contributed by atoms with Crippen LogP contribution < -0.4 is 10.1 Å². The van der Waals surface area contributed by atoms with Crippen LogP contribution in [0.1, 0.15) is 18.7 Å². The number of aromatic nitrogens is 3. The van der Waals surface area contributed by atoms with Crippen LogP contribution in [0.4, 0.5) is 5.95 Å². The summed E-state index contributed by atoms with van der Waals surface area (Å²) in [5.74, 6) is 0.418. The molecule has 0 aliphatic rings. The molecule has 0 radical (unpaired) electrons. The summed E-state index contributed by atoms with van der Waals surface area (Å²) in [5, 5.41) is 5.35. The van der Waals surface area contributed by atoms with E-state index >= 15 is 0 Å². The van der Waals surface area contributed by atoms with Crippen LogP contribution in [0.2, 0.25) is 5.28 Å². The predicted molar refractivity (Wildman–Crippen MR) is 77.2 cm³/mol. The van der Waals surface area contributed by atoms with Crippen molar-refractivity contribution in [2.75, 3.05) is 19.0 Å². The molecular weight excluding hydrogens is 284 g/mol. The van der Waals surface area contributed by atoms with E-state index in [-0.39, 0.29) is 16.7 Å². The highest BCUT2D eigenvalue weighted by atomic mass is 35.5. The Hall–Kier alpha value is -1.40. The summed E-state index contributed by atoms with van der Waals surface area (Å²) in [6.45, 7) is 5.01. The van der Waals surface area contributed by atoms with Gasteiger partial charge in [-0.25, -0.2) is 0 Å². The Kier molecular flexibility index (Phi) is 4.21. The molecule has 0 saturated carbocycles. The molecule has 0 aromatic carbocycles. The maximum absolute atomic E-state index is 5.80. The number of hydrogen-bond donors (Lipinski definition) is 1. The molecule has 2 rings (SSSR count). The number of nitrogens with one attached hydrogen (secondary N) is 1. The lowest BCUT2D eigenvalue weighted by atomic mass is 9.91. The Morgan fingerprint density at radius 1 is 1.37 bits per heavy atom. The van der Waals surface area contributed by atoms with Crippen LogP contribution in [0.3, 0.4) is 0 Å². The minimum absolute atomic E-state index is 0.0134. The molecule has 1 N–H and O–H groups in total. The molecule has 19 heavy (non-hydrogen) atoms. The highest BCUT2D eigenvalue weighted by Crippen LogP contribution is 2.27. The minimum atomic E-state index is -0.0134. The van der Waals surface area contributed by atoms with Crippen molar-refractivity contribution in [3.63, 3.8) is 0 Å². The standard InChI is InChI=1S/C12H15ClN4OS/c1-12(2,8-5-4-6-19-8)7-14-10-15-9(13)16-11(17-10)18-3/h4-6H,7H2,1-3H3,(H,14,15,16,17). The van der Waals surface area contributed by atoms with Crippen molar-refractivity contribution in [3.8, 4) is 6.01 Å². The van der Waals surface area contributed by atoms with E-state index in [2.05, 4.69) is 45.6 Å². The topological polar surface area (TPSA) is 59.9 Å². The summed E-state index contributed by atoms with van der Waals surface area (Å²) in [6.07, 6.45) is 0. The number of rotatable bonds is 5. The van der Waals surface area contributed by atoms with Gasteiger partial charge in [-0.3, -0.25) is 0 Å². The average molecular weight is 299 g/mol. The van der Waals surface area contributed by atoms with Crippen LogP contribution in [-0.4, -0.2) is 28.6 Å². The minimum Gasteiger partial charge on any atom is -0.467 e. The first-order valence-corrected chi connectivity index (χ1v) is 7.00. The number of anilines is 1. The zero-order chi connectivity index (χ0) is 13.9. The van der Waals surface area contributed by atoms with E-state index in [0.717, 1.165) is 0 Å². The average Bonchev–Trinajstić information content (AvgIpc) is 2.90. The highest BCUT2D eigenvalue weighted by Gasteiger charge is 2.22. The van der Waals surface area contributed by atoms with Crippen LogP contribution in [0.25, 0.3) is 0 Å². The summed E-state index contributed by atoms with van der Waals surface area (Å²) in [5.41, 5.74) is -0.0134.